The van der Waals surface area contributed by atoms with Gasteiger partial charge in [0.1, 0.15) is 0 Å². The molecule has 100 valence electrons. The van der Waals surface area contributed by atoms with E-state index in [-0.39, 0.29) is 16.6 Å². The molecule has 0 aliphatic heterocycles. The highest BCUT2D eigenvalue weighted by atomic mass is 79.9. The van der Waals surface area contributed by atoms with Crippen LogP contribution in [0.3, 0.4) is 0 Å². The number of benzene rings is 1. The molecule has 0 unspecified atom stereocenters. The third-order valence-electron chi connectivity index (χ3n) is 2.21. The first-order valence-electron chi connectivity index (χ1n) is 5.16. The van der Waals surface area contributed by atoms with Crippen LogP contribution >= 0.6 is 15.9 Å². The van der Waals surface area contributed by atoms with Gasteiger partial charge >= 0.3 is 0 Å². The summed E-state index contributed by atoms with van der Waals surface area (Å²) in [5, 5.41) is 0. The largest absolute Gasteiger partial charge is 0.478 e. The van der Waals surface area contributed by atoms with Gasteiger partial charge in [0.15, 0.2) is 0 Å². The van der Waals surface area contributed by atoms with Crippen molar-refractivity contribution < 1.29 is 13.2 Å². The van der Waals surface area contributed by atoms with E-state index in [4.69, 9.17) is 4.74 Å². The van der Waals surface area contributed by atoms with Crippen molar-refractivity contribution in [2.24, 2.45) is 0 Å². The first-order valence-corrected chi connectivity index (χ1v) is 7.44. The Morgan fingerprint density at radius 3 is 2.42 bits per heavy atom. The Hall–Kier alpha value is -1.67. The molecular weight excluding hydrogens is 334 g/mol. The van der Waals surface area contributed by atoms with Crippen molar-refractivity contribution in [3.8, 4) is 5.88 Å². The topological polar surface area (TPSA) is 81.2 Å². The lowest BCUT2D eigenvalue weighted by Crippen LogP contribution is -2.15. The molecule has 0 aliphatic carbocycles. The van der Waals surface area contributed by atoms with Gasteiger partial charge in [-0.15, -0.1) is 0 Å². The van der Waals surface area contributed by atoms with Gasteiger partial charge in [0.2, 0.25) is 5.82 Å². The molecule has 1 aromatic carbocycles. The molecule has 0 atom stereocenters. The highest BCUT2D eigenvalue weighted by Gasteiger charge is 2.17. The highest BCUT2D eigenvalue weighted by Crippen LogP contribution is 2.22. The molecular formula is C11H10BrN3O3S. The van der Waals surface area contributed by atoms with Gasteiger partial charge in [-0.1, -0.05) is 15.9 Å². The molecule has 8 heteroatoms. The van der Waals surface area contributed by atoms with E-state index in [1.807, 2.05) is 0 Å². The molecule has 0 spiro atoms. The first kappa shape index (κ1) is 13.8. The molecule has 1 heterocycles. The van der Waals surface area contributed by atoms with Crippen LogP contribution in [0.2, 0.25) is 0 Å². The van der Waals surface area contributed by atoms with E-state index in [1.165, 1.54) is 31.6 Å². The second-order valence-electron chi connectivity index (χ2n) is 3.47. The summed E-state index contributed by atoms with van der Waals surface area (Å²) in [7, 11) is -2.33. The summed E-state index contributed by atoms with van der Waals surface area (Å²) in [6.45, 7) is 0. The van der Waals surface area contributed by atoms with Gasteiger partial charge in [-0.2, -0.15) is 0 Å². The monoisotopic (exact) mass is 343 g/mol. The molecule has 0 bridgehead atoms. The Morgan fingerprint density at radius 2 is 1.79 bits per heavy atom. The fraction of sp³-hybridized carbons (Fsp3) is 0.0909. The fourth-order valence-corrected chi connectivity index (χ4v) is 2.62. The molecule has 0 aliphatic rings. The minimum atomic E-state index is -3.72. The Balaban J connectivity index is 2.34. The molecule has 6 nitrogen and oxygen atoms in total. The van der Waals surface area contributed by atoms with E-state index >= 15 is 0 Å². The van der Waals surface area contributed by atoms with Gasteiger partial charge in [-0.25, -0.2) is 18.4 Å². The maximum Gasteiger partial charge on any atom is 0.263 e. The van der Waals surface area contributed by atoms with Crippen LogP contribution in [0.25, 0.3) is 0 Å². The van der Waals surface area contributed by atoms with Crippen LogP contribution in [0.4, 0.5) is 5.82 Å². The lowest BCUT2D eigenvalue weighted by Gasteiger charge is -2.09. The smallest absolute Gasteiger partial charge is 0.263 e. The third-order valence-corrected chi connectivity index (χ3v) is 4.10. The van der Waals surface area contributed by atoms with Crippen molar-refractivity contribution in [3.63, 3.8) is 0 Å². The lowest BCUT2D eigenvalue weighted by molar-refractivity contribution is 0.398. The van der Waals surface area contributed by atoms with Gasteiger partial charge in [-0.05, 0) is 24.3 Å². The van der Waals surface area contributed by atoms with Gasteiger partial charge in [-0.3, -0.25) is 4.72 Å². The van der Waals surface area contributed by atoms with E-state index in [9.17, 15) is 8.42 Å². The van der Waals surface area contributed by atoms with E-state index in [0.717, 1.165) is 4.47 Å². The molecule has 0 radical (unpaired) electrons. The highest BCUT2D eigenvalue weighted by molar-refractivity contribution is 9.10. The van der Waals surface area contributed by atoms with Crippen LogP contribution < -0.4 is 9.46 Å². The Labute approximate surface area is 119 Å². The average Bonchev–Trinajstić information content (AvgIpc) is 2.39. The van der Waals surface area contributed by atoms with Crippen molar-refractivity contribution in [2.45, 2.75) is 4.90 Å². The summed E-state index contributed by atoms with van der Waals surface area (Å²) < 4.78 is 32.3. The van der Waals surface area contributed by atoms with Gasteiger partial charge in [0.05, 0.1) is 12.0 Å². The standard InChI is InChI=1S/C11H10BrN3O3S/c1-18-11-10(13-6-7-14-11)15-19(16,17)9-4-2-8(12)3-5-9/h2-7H,1H3,(H,13,15). The number of nitrogens with one attached hydrogen (secondary N) is 1. The van der Waals surface area contributed by atoms with E-state index < -0.39 is 10.0 Å². The predicted molar refractivity (Wildman–Crippen MR) is 73.5 cm³/mol. The zero-order valence-electron chi connectivity index (χ0n) is 9.87. The van der Waals surface area contributed by atoms with Crippen LogP contribution in [-0.4, -0.2) is 25.5 Å². The predicted octanol–water partition coefficient (Wildman–Crippen LogP) is 2.05. The second-order valence-corrected chi connectivity index (χ2v) is 6.07. The summed E-state index contributed by atoms with van der Waals surface area (Å²) in [6.07, 6.45) is 2.79. The van der Waals surface area contributed by atoms with Crippen molar-refractivity contribution in [1.82, 2.24) is 9.97 Å². The van der Waals surface area contributed by atoms with Crippen molar-refractivity contribution in [3.05, 3.63) is 41.1 Å². The molecule has 0 fully saturated rings. The normalized spacial score (nSPS) is 11.1. The lowest BCUT2D eigenvalue weighted by atomic mass is 10.4. The minimum Gasteiger partial charge on any atom is -0.478 e. The van der Waals surface area contributed by atoms with Gasteiger partial charge < -0.3 is 4.74 Å². The second kappa shape index (κ2) is 5.54. The van der Waals surface area contributed by atoms with Crippen molar-refractivity contribution >= 4 is 31.8 Å². The van der Waals surface area contributed by atoms with Crippen LogP contribution in [0, 0.1) is 0 Å². The fourth-order valence-electron chi connectivity index (χ4n) is 1.34. The van der Waals surface area contributed by atoms with Crippen LogP contribution in [0.15, 0.2) is 46.0 Å². The summed E-state index contributed by atoms with van der Waals surface area (Å²) in [6, 6.07) is 6.25. The quantitative estimate of drug-likeness (QED) is 0.918. The molecule has 2 aromatic rings. The number of ether oxygens (including phenoxy) is 1. The number of halogens is 1. The molecule has 2 rings (SSSR count). The Kier molecular flexibility index (Phi) is 4.01. The number of rotatable bonds is 4. The minimum absolute atomic E-state index is 0.0490. The molecule has 19 heavy (non-hydrogen) atoms. The molecule has 0 saturated carbocycles. The number of sulfonamides is 1. The summed E-state index contributed by atoms with van der Waals surface area (Å²) in [5.41, 5.74) is 0. The molecule has 1 aromatic heterocycles. The van der Waals surface area contributed by atoms with Gasteiger partial charge in [0, 0.05) is 16.9 Å². The average molecular weight is 344 g/mol. The zero-order valence-corrected chi connectivity index (χ0v) is 12.3. The van der Waals surface area contributed by atoms with E-state index in [0.29, 0.717) is 0 Å². The maximum absolute atomic E-state index is 12.1. The van der Waals surface area contributed by atoms with Crippen LogP contribution in [-0.2, 0) is 10.0 Å². The SMILES string of the molecule is COc1nccnc1NS(=O)(=O)c1ccc(Br)cc1. The van der Waals surface area contributed by atoms with Crippen molar-refractivity contribution in [1.29, 1.82) is 0 Å². The number of nitrogens with zero attached hydrogens (tertiary/aromatic N) is 2. The van der Waals surface area contributed by atoms with Gasteiger partial charge in [0.25, 0.3) is 15.9 Å². The number of anilines is 1. The molecule has 1 N–H and O–H groups in total. The molecule has 0 saturated heterocycles. The number of hydrogen-bond acceptors (Lipinski definition) is 5. The number of aromatic nitrogens is 2. The van der Waals surface area contributed by atoms with E-state index in [1.54, 1.807) is 12.1 Å². The Morgan fingerprint density at radius 1 is 1.16 bits per heavy atom. The number of methoxy groups -OCH3 is 1. The zero-order chi connectivity index (χ0) is 13.9. The number of hydrogen-bond donors (Lipinski definition) is 1. The third kappa shape index (κ3) is 3.21. The summed E-state index contributed by atoms with van der Waals surface area (Å²) in [5.74, 6) is 0.163. The molecule has 0 amide bonds. The summed E-state index contributed by atoms with van der Waals surface area (Å²) >= 11 is 3.24. The first-order chi connectivity index (χ1) is 9.03. The summed E-state index contributed by atoms with van der Waals surface area (Å²) in [4.78, 5) is 7.89. The van der Waals surface area contributed by atoms with Crippen LogP contribution in [0.1, 0.15) is 0 Å². The van der Waals surface area contributed by atoms with E-state index in [2.05, 4.69) is 30.6 Å². The van der Waals surface area contributed by atoms with Crippen LogP contribution in [0.5, 0.6) is 5.88 Å². The van der Waals surface area contributed by atoms with Crippen molar-refractivity contribution in [2.75, 3.05) is 11.8 Å². The maximum atomic E-state index is 12.1. The Bertz CT molecular complexity index is 674.